The van der Waals surface area contributed by atoms with E-state index in [2.05, 4.69) is 10.6 Å². The molecule has 6 nitrogen and oxygen atoms in total. The Bertz CT molecular complexity index is 552. The maximum Gasteiger partial charge on any atom is 0.411 e. The zero-order chi connectivity index (χ0) is 17.4. The number of benzene rings is 1. The minimum Gasteiger partial charge on any atom is -0.447 e. The molecule has 23 heavy (non-hydrogen) atoms. The van der Waals surface area contributed by atoms with E-state index in [-0.39, 0.29) is 18.8 Å². The van der Waals surface area contributed by atoms with Crippen molar-refractivity contribution < 1.29 is 19.1 Å². The van der Waals surface area contributed by atoms with Crippen LogP contribution in [-0.4, -0.2) is 30.9 Å². The second-order valence-corrected chi connectivity index (χ2v) is 5.87. The smallest absolute Gasteiger partial charge is 0.411 e. The zero-order valence-electron chi connectivity index (χ0n) is 13.2. The monoisotopic (exact) mass is 362 g/mol. The topological polar surface area (TPSA) is 76.7 Å². The van der Waals surface area contributed by atoms with Crippen LogP contribution in [0.5, 0.6) is 0 Å². The highest BCUT2D eigenvalue weighted by molar-refractivity contribution is 6.42. The van der Waals surface area contributed by atoms with Gasteiger partial charge in [0.15, 0.2) is 0 Å². The number of carbonyl (C=O) groups is 2. The third-order valence-electron chi connectivity index (χ3n) is 2.74. The Morgan fingerprint density at radius 1 is 1.17 bits per heavy atom. The van der Waals surface area contributed by atoms with E-state index >= 15 is 0 Å². The van der Waals surface area contributed by atoms with Gasteiger partial charge in [0, 0.05) is 5.69 Å². The van der Waals surface area contributed by atoms with Crippen LogP contribution >= 0.6 is 23.2 Å². The quantitative estimate of drug-likeness (QED) is 0.783. The molecule has 1 atom stereocenters. The molecule has 2 amide bonds. The largest absolute Gasteiger partial charge is 0.447 e. The van der Waals surface area contributed by atoms with Crippen molar-refractivity contribution in [2.24, 2.45) is 0 Å². The first-order valence-corrected chi connectivity index (χ1v) is 7.93. The van der Waals surface area contributed by atoms with Crippen molar-refractivity contribution in [1.29, 1.82) is 0 Å². The number of hydrogen-bond donors (Lipinski definition) is 2. The molecule has 0 spiro atoms. The summed E-state index contributed by atoms with van der Waals surface area (Å²) < 4.78 is 10.1. The summed E-state index contributed by atoms with van der Waals surface area (Å²) in [5.41, 5.74) is 0.463. The first-order chi connectivity index (χ1) is 10.8. The number of alkyl carbamates (subject to hydrolysis) is 1. The van der Waals surface area contributed by atoms with Crippen molar-refractivity contribution in [2.45, 2.75) is 39.3 Å². The number of hydrogen-bond acceptors (Lipinski definition) is 4. The van der Waals surface area contributed by atoms with Crippen LogP contribution in [0.2, 0.25) is 10.0 Å². The molecule has 8 heteroatoms. The van der Waals surface area contributed by atoms with Crippen molar-refractivity contribution in [2.75, 3.05) is 11.9 Å². The standard InChI is InChI=1S/C15H20Cl2N2O4/c1-4-10(18-15(21)23-9(2)3)8-22-14(20)19-11-5-6-12(16)13(17)7-11/h5-7,9-10H,4,8H2,1-3H3,(H,18,21)(H,19,20)/t10-/m1/s1. The summed E-state index contributed by atoms with van der Waals surface area (Å²) >= 11 is 11.7. The normalized spacial score (nSPS) is 11.7. The first kappa shape index (κ1) is 19.4. The number of rotatable bonds is 6. The summed E-state index contributed by atoms with van der Waals surface area (Å²) in [4.78, 5) is 23.3. The molecule has 0 aliphatic heterocycles. The van der Waals surface area contributed by atoms with Crippen molar-refractivity contribution in [3.05, 3.63) is 28.2 Å². The van der Waals surface area contributed by atoms with E-state index in [1.54, 1.807) is 26.0 Å². The van der Waals surface area contributed by atoms with Crippen LogP contribution in [-0.2, 0) is 9.47 Å². The van der Waals surface area contributed by atoms with Crippen molar-refractivity contribution in [3.8, 4) is 0 Å². The molecule has 0 fully saturated rings. The Balaban J connectivity index is 2.43. The minimum absolute atomic E-state index is 0.0247. The van der Waals surface area contributed by atoms with Crippen molar-refractivity contribution >= 4 is 41.1 Å². The fourth-order valence-electron chi connectivity index (χ4n) is 1.58. The van der Waals surface area contributed by atoms with Gasteiger partial charge in [-0.15, -0.1) is 0 Å². The van der Waals surface area contributed by atoms with Crippen molar-refractivity contribution in [1.82, 2.24) is 5.32 Å². The third-order valence-corrected chi connectivity index (χ3v) is 3.48. The molecular weight excluding hydrogens is 343 g/mol. The maximum atomic E-state index is 11.7. The molecular formula is C15H20Cl2N2O4. The molecule has 0 aromatic heterocycles. The number of amides is 2. The molecule has 0 unspecified atom stereocenters. The number of ether oxygens (including phenoxy) is 2. The molecule has 0 aliphatic carbocycles. The van der Waals surface area contributed by atoms with Crippen molar-refractivity contribution in [3.63, 3.8) is 0 Å². The van der Waals surface area contributed by atoms with Crippen LogP contribution in [0.3, 0.4) is 0 Å². The Morgan fingerprint density at radius 2 is 1.87 bits per heavy atom. The summed E-state index contributed by atoms with van der Waals surface area (Å²) in [7, 11) is 0. The molecule has 0 aliphatic rings. The van der Waals surface area contributed by atoms with Crippen LogP contribution in [0.4, 0.5) is 15.3 Å². The Hall–Kier alpha value is -1.66. The summed E-state index contributed by atoms with van der Waals surface area (Å²) in [6, 6.07) is 4.35. The molecule has 128 valence electrons. The van der Waals surface area contributed by atoms with Gasteiger partial charge in [-0.3, -0.25) is 5.32 Å². The summed E-state index contributed by atoms with van der Waals surface area (Å²) in [6.07, 6.45) is -0.819. The van der Waals surface area contributed by atoms with Crippen LogP contribution in [0.25, 0.3) is 0 Å². The van der Waals surface area contributed by atoms with Gasteiger partial charge in [-0.2, -0.15) is 0 Å². The molecule has 0 heterocycles. The lowest BCUT2D eigenvalue weighted by Crippen LogP contribution is -2.39. The SMILES string of the molecule is CC[C@H](COC(=O)Nc1ccc(Cl)c(Cl)c1)NC(=O)OC(C)C. The van der Waals surface area contributed by atoms with Gasteiger partial charge in [-0.1, -0.05) is 30.1 Å². The van der Waals surface area contributed by atoms with Crippen LogP contribution in [0.15, 0.2) is 18.2 Å². The molecule has 2 N–H and O–H groups in total. The number of carbonyl (C=O) groups excluding carboxylic acids is 2. The average molecular weight is 363 g/mol. The van der Waals surface area contributed by atoms with E-state index in [1.807, 2.05) is 6.92 Å². The van der Waals surface area contributed by atoms with Crippen LogP contribution in [0.1, 0.15) is 27.2 Å². The van der Waals surface area contributed by atoms with Gasteiger partial charge in [-0.25, -0.2) is 9.59 Å². The Kier molecular flexibility index (Phi) is 7.98. The summed E-state index contributed by atoms with van der Waals surface area (Å²) in [5.74, 6) is 0. The fraction of sp³-hybridized carbons (Fsp3) is 0.467. The van der Waals surface area contributed by atoms with Gasteiger partial charge in [0.2, 0.25) is 0 Å². The van der Waals surface area contributed by atoms with E-state index in [0.29, 0.717) is 22.2 Å². The molecule has 0 saturated heterocycles. The lowest BCUT2D eigenvalue weighted by atomic mass is 10.2. The van der Waals surface area contributed by atoms with E-state index in [1.165, 1.54) is 6.07 Å². The molecule has 1 aromatic carbocycles. The van der Waals surface area contributed by atoms with Crippen LogP contribution < -0.4 is 10.6 Å². The van der Waals surface area contributed by atoms with Crippen LogP contribution in [0, 0.1) is 0 Å². The molecule has 1 rings (SSSR count). The number of nitrogens with one attached hydrogen (secondary N) is 2. The second kappa shape index (κ2) is 9.47. The lowest BCUT2D eigenvalue weighted by Gasteiger charge is -2.18. The van der Waals surface area contributed by atoms with E-state index in [4.69, 9.17) is 32.7 Å². The highest BCUT2D eigenvalue weighted by Crippen LogP contribution is 2.25. The Morgan fingerprint density at radius 3 is 2.43 bits per heavy atom. The lowest BCUT2D eigenvalue weighted by molar-refractivity contribution is 0.102. The second-order valence-electron chi connectivity index (χ2n) is 5.06. The minimum atomic E-state index is -0.652. The van der Waals surface area contributed by atoms with Gasteiger partial charge in [0.05, 0.1) is 22.2 Å². The third kappa shape index (κ3) is 7.43. The predicted octanol–water partition coefficient (Wildman–Crippen LogP) is 4.46. The molecule has 0 radical (unpaired) electrons. The first-order valence-electron chi connectivity index (χ1n) is 7.17. The van der Waals surface area contributed by atoms with E-state index < -0.39 is 12.2 Å². The van der Waals surface area contributed by atoms with Gasteiger partial charge >= 0.3 is 12.2 Å². The number of halogens is 2. The number of anilines is 1. The zero-order valence-corrected chi connectivity index (χ0v) is 14.7. The molecule has 0 saturated carbocycles. The molecule has 0 bridgehead atoms. The van der Waals surface area contributed by atoms with Gasteiger partial charge in [0.1, 0.15) is 6.61 Å². The fourth-order valence-corrected chi connectivity index (χ4v) is 1.88. The highest BCUT2D eigenvalue weighted by Gasteiger charge is 2.15. The van der Waals surface area contributed by atoms with E-state index in [9.17, 15) is 9.59 Å². The van der Waals surface area contributed by atoms with E-state index in [0.717, 1.165) is 0 Å². The van der Waals surface area contributed by atoms with Gasteiger partial charge < -0.3 is 14.8 Å². The molecule has 1 aromatic rings. The maximum absolute atomic E-state index is 11.7. The summed E-state index contributed by atoms with van der Waals surface area (Å²) in [5, 5.41) is 5.88. The van der Waals surface area contributed by atoms with Gasteiger partial charge in [0.25, 0.3) is 0 Å². The summed E-state index contributed by atoms with van der Waals surface area (Å²) in [6.45, 7) is 5.39. The average Bonchev–Trinajstić information content (AvgIpc) is 2.46. The van der Waals surface area contributed by atoms with Gasteiger partial charge in [-0.05, 0) is 38.5 Å². The Labute approximate surface area is 145 Å². The highest BCUT2D eigenvalue weighted by atomic mass is 35.5. The predicted molar refractivity (Wildman–Crippen MR) is 90.3 cm³/mol.